The Labute approximate surface area is 87.1 Å². The van der Waals surface area contributed by atoms with E-state index in [4.69, 9.17) is 11.6 Å². The van der Waals surface area contributed by atoms with Crippen LogP contribution in [0.5, 0.6) is 0 Å². The zero-order valence-corrected chi connectivity index (χ0v) is 8.73. The Morgan fingerprint density at radius 3 is 2.79 bits per heavy atom. The molecule has 1 rings (SSSR count). The quantitative estimate of drug-likeness (QED) is 0.756. The van der Waals surface area contributed by atoms with E-state index in [0.717, 1.165) is 0 Å². The van der Waals surface area contributed by atoms with Crippen LogP contribution < -0.4 is 5.32 Å². The van der Waals surface area contributed by atoms with Gasteiger partial charge >= 0.3 is 0 Å². The SMILES string of the molecule is Cc1c(F)cccc1NC(=O)[C@@H](C)Cl. The molecule has 14 heavy (non-hydrogen) atoms. The van der Waals surface area contributed by atoms with Gasteiger partial charge in [-0.1, -0.05) is 6.07 Å². The fraction of sp³-hybridized carbons (Fsp3) is 0.300. The topological polar surface area (TPSA) is 29.1 Å². The van der Waals surface area contributed by atoms with Crippen molar-refractivity contribution in [1.29, 1.82) is 0 Å². The molecular formula is C10H11ClFNO. The lowest BCUT2D eigenvalue weighted by Crippen LogP contribution is -2.20. The highest BCUT2D eigenvalue weighted by molar-refractivity contribution is 6.32. The van der Waals surface area contributed by atoms with Gasteiger partial charge in [-0.05, 0) is 26.0 Å². The molecule has 0 aliphatic carbocycles. The van der Waals surface area contributed by atoms with Crippen LogP contribution in [0.1, 0.15) is 12.5 Å². The molecule has 0 heterocycles. The van der Waals surface area contributed by atoms with Crippen LogP contribution in [0.25, 0.3) is 0 Å². The third-order valence-corrected chi connectivity index (χ3v) is 2.09. The zero-order chi connectivity index (χ0) is 10.7. The van der Waals surface area contributed by atoms with Gasteiger partial charge in [0.15, 0.2) is 0 Å². The Morgan fingerprint density at radius 1 is 1.57 bits per heavy atom. The van der Waals surface area contributed by atoms with Crippen LogP contribution in [0.3, 0.4) is 0 Å². The molecule has 1 aromatic carbocycles. The average Bonchev–Trinajstić information content (AvgIpc) is 2.12. The Hall–Kier alpha value is -1.09. The number of nitrogens with one attached hydrogen (secondary N) is 1. The standard InChI is InChI=1S/C10H11ClFNO/c1-6-8(12)4-3-5-9(6)13-10(14)7(2)11/h3-5,7H,1-2H3,(H,13,14)/t7-/m1/s1. The summed E-state index contributed by atoms with van der Waals surface area (Å²) in [6, 6.07) is 4.52. The molecule has 1 N–H and O–H groups in total. The first kappa shape index (κ1) is 11.0. The molecule has 1 aromatic rings. The normalized spacial score (nSPS) is 12.3. The third kappa shape index (κ3) is 2.45. The third-order valence-electron chi connectivity index (χ3n) is 1.89. The molecule has 1 atom stereocenters. The number of hydrogen-bond acceptors (Lipinski definition) is 1. The Morgan fingerprint density at radius 2 is 2.21 bits per heavy atom. The predicted molar refractivity (Wildman–Crippen MR) is 55.1 cm³/mol. The van der Waals surface area contributed by atoms with Crippen LogP contribution in [0.15, 0.2) is 18.2 Å². The Balaban J connectivity index is 2.87. The molecule has 0 saturated heterocycles. The van der Waals surface area contributed by atoms with E-state index in [1.54, 1.807) is 19.9 Å². The number of alkyl halides is 1. The van der Waals surface area contributed by atoms with E-state index in [2.05, 4.69) is 5.32 Å². The molecule has 2 nitrogen and oxygen atoms in total. The molecular weight excluding hydrogens is 205 g/mol. The van der Waals surface area contributed by atoms with E-state index in [1.165, 1.54) is 12.1 Å². The predicted octanol–water partition coefficient (Wildman–Crippen LogP) is 2.70. The average molecular weight is 216 g/mol. The van der Waals surface area contributed by atoms with E-state index in [-0.39, 0.29) is 11.7 Å². The summed E-state index contributed by atoms with van der Waals surface area (Å²) >= 11 is 5.56. The van der Waals surface area contributed by atoms with Crippen molar-refractivity contribution >= 4 is 23.2 Å². The highest BCUT2D eigenvalue weighted by Crippen LogP contribution is 2.17. The van der Waals surface area contributed by atoms with Crippen LogP contribution in [-0.2, 0) is 4.79 Å². The van der Waals surface area contributed by atoms with Gasteiger partial charge in [-0.2, -0.15) is 0 Å². The first-order valence-electron chi connectivity index (χ1n) is 4.22. The lowest BCUT2D eigenvalue weighted by molar-refractivity contribution is -0.115. The summed E-state index contributed by atoms with van der Waals surface area (Å²) in [5, 5.41) is 1.91. The summed E-state index contributed by atoms with van der Waals surface area (Å²) in [4.78, 5) is 11.2. The smallest absolute Gasteiger partial charge is 0.242 e. The number of amides is 1. The molecule has 0 aliphatic heterocycles. The molecule has 0 saturated carbocycles. The molecule has 0 spiro atoms. The molecule has 1 amide bonds. The van der Waals surface area contributed by atoms with Crippen LogP contribution in [0, 0.1) is 12.7 Å². The summed E-state index contributed by atoms with van der Waals surface area (Å²) in [6.45, 7) is 3.16. The zero-order valence-electron chi connectivity index (χ0n) is 7.97. The van der Waals surface area contributed by atoms with Gasteiger partial charge in [-0.15, -0.1) is 11.6 Å². The van der Waals surface area contributed by atoms with E-state index in [9.17, 15) is 9.18 Å². The van der Waals surface area contributed by atoms with Crippen molar-refractivity contribution in [2.45, 2.75) is 19.2 Å². The number of carbonyl (C=O) groups is 1. The van der Waals surface area contributed by atoms with E-state index < -0.39 is 5.38 Å². The maximum absolute atomic E-state index is 13.0. The number of hydrogen-bond donors (Lipinski definition) is 1. The molecule has 0 unspecified atom stereocenters. The van der Waals surface area contributed by atoms with Crippen LogP contribution in [-0.4, -0.2) is 11.3 Å². The summed E-state index contributed by atoms with van der Waals surface area (Å²) in [6.07, 6.45) is 0. The largest absolute Gasteiger partial charge is 0.324 e. The van der Waals surface area contributed by atoms with Crippen molar-refractivity contribution in [2.24, 2.45) is 0 Å². The number of rotatable bonds is 2. The van der Waals surface area contributed by atoms with Crippen molar-refractivity contribution in [2.75, 3.05) is 5.32 Å². The van der Waals surface area contributed by atoms with Crippen molar-refractivity contribution in [3.05, 3.63) is 29.6 Å². The lowest BCUT2D eigenvalue weighted by atomic mass is 10.2. The molecule has 4 heteroatoms. The highest BCUT2D eigenvalue weighted by atomic mass is 35.5. The second kappa shape index (κ2) is 4.42. The van der Waals surface area contributed by atoms with Gasteiger partial charge in [0.1, 0.15) is 11.2 Å². The number of anilines is 1. The van der Waals surface area contributed by atoms with E-state index in [1.807, 2.05) is 0 Å². The minimum absolute atomic E-state index is 0.333. The summed E-state index contributed by atoms with van der Waals surface area (Å²) < 4.78 is 13.0. The Bertz CT molecular complexity index is 352. The summed E-state index contributed by atoms with van der Waals surface area (Å²) in [5.74, 6) is -0.676. The van der Waals surface area contributed by atoms with Crippen LogP contribution in [0.2, 0.25) is 0 Å². The second-order valence-corrected chi connectivity index (χ2v) is 3.67. The number of carbonyl (C=O) groups excluding carboxylic acids is 1. The van der Waals surface area contributed by atoms with Crippen molar-refractivity contribution in [1.82, 2.24) is 0 Å². The molecule has 0 aliphatic rings. The van der Waals surface area contributed by atoms with Gasteiger partial charge in [0.05, 0.1) is 0 Å². The van der Waals surface area contributed by atoms with Crippen LogP contribution in [0.4, 0.5) is 10.1 Å². The molecule has 76 valence electrons. The second-order valence-electron chi connectivity index (χ2n) is 3.02. The van der Waals surface area contributed by atoms with Crippen molar-refractivity contribution in [3.63, 3.8) is 0 Å². The number of benzene rings is 1. The molecule has 0 aromatic heterocycles. The minimum atomic E-state index is -0.627. The fourth-order valence-electron chi connectivity index (χ4n) is 0.975. The minimum Gasteiger partial charge on any atom is -0.324 e. The molecule has 0 fully saturated rings. The fourth-order valence-corrected chi connectivity index (χ4v) is 1.03. The highest BCUT2D eigenvalue weighted by Gasteiger charge is 2.11. The maximum Gasteiger partial charge on any atom is 0.242 e. The van der Waals surface area contributed by atoms with Gasteiger partial charge in [0.2, 0.25) is 5.91 Å². The summed E-state index contributed by atoms with van der Waals surface area (Å²) in [7, 11) is 0. The maximum atomic E-state index is 13.0. The van der Waals surface area contributed by atoms with Gasteiger partial charge in [0.25, 0.3) is 0 Å². The Kier molecular flexibility index (Phi) is 3.47. The van der Waals surface area contributed by atoms with E-state index in [0.29, 0.717) is 11.3 Å². The van der Waals surface area contributed by atoms with Gasteiger partial charge in [-0.3, -0.25) is 4.79 Å². The number of halogens is 2. The summed E-state index contributed by atoms with van der Waals surface area (Å²) in [5.41, 5.74) is 0.876. The monoisotopic (exact) mass is 215 g/mol. The van der Waals surface area contributed by atoms with Gasteiger partial charge < -0.3 is 5.32 Å². The van der Waals surface area contributed by atoms with Crippen molar-refractivity contribution < 1.29 is 9.18 Å². The van der Waals surface area contributed by atoms with Gasteiger partial charge in [-0.25, -0.2) is 4.39 Å². The van der Waals surface area contributed by atoms with Crippen molar-refractivity contribution in [3.8, 4) is 0 Å². The van der Waals surface area contributed by atoms with Crippen LogP contribution >= 0.6 is 11.6 Å². The lowest BCUT2D eigenvalue weighted by Gasteiger charge is -2.09. The molecule has 0 radical (unpaired) electrons. The molecule has 0 bridgehead atoms. The van der Waals surface area contributed by atoms with E-state index >= 15 is 0 Å². The first-order valence-corrected chi connectivity index (χ1v) is 4.66. The van der Waals surface area contributed by atoms with Gasteiger partial charge in [0, 0.05) is 11.3 Å². The first-order chi connectivity index (χ1) is 6.52.